The van der Waals surface area contributed by atoms with Crippen molar-refractivity contribution in [2.75, 3.05) is 5.88 Å². The maximum Gasteiger partial charge on any atom is 0.0931 e. The van der Waals surface area contributed by atoms with Crippen molar-refractivity contribution < 1.29 is 0 Å². The third kappa shape index (κ3) is 3.36. The number of nitrogens with one attached hydrogen (secondary N) is 1. The molecule has 0 amide bonds. The van der Waals surface area contributed by atoms with Gasteiger partial charge in [-0.05, 0) is 30.9 Å². The van der Waals surface area contributed by atoms with Gasteiger partial charge in [-0.25, -0.2) is 0 Å². The van der Waals surface area contributed by atoms with Gasteiger partial charge in [-0.3, -0.25) is 0 Å². The Balaban J connectivity index is 1.84. The van der Waals surface area contributed by atoms with Crippen molar-refractivity contribution >= 4 is 34.5 Å². The normalized spacial score (nSPS) is 25.9. The van der Waals surface area contributed by atoms with Crippen LogP contribution in [0.3, 0.4) is 0 Å². The summed E-state index contributed by atoms with van der Waals surface area (Å²) >= 11 is 13.6. The van der Waals surface area contributed by atoms with Crippen LogP contribution in [0.4, 0.5) is 0 Å². The molecule has 1 N–H and O–H groups in total. The summed E-state index contributed by atoms with van der Waals surface area (Å²) in [6.07, 6.45) is 5.19. The molecule has 0 saturated heterocycles. The molecule has 0 aromatic carbocycles. The van der Waals surface area contributed by atoms with E-state index in [0.717, 1.165) is 16.8 Å². The number of hydrogen-bond acceptors (Lipinski definition) is 2. The Morgan fingerprint density at radius 1 is 1.31 bits per heavy atom. The smallest absolute Gasteiger partial charge is 0.0931 e. The van der Waals surface area contributed by atoms with Crippen LogP contribution >= 0.6 is 34.5 Å². The molecular weight excluding hydrogens is 261 g/mol. The van der Waals surface area contributed by atoms with E-state index < -0.39 is 0 Å². The lowest BCUT2D eigenvalue weighted by molar-refractivity contribution is 0.283. The Labute approximate surface area is 111 Å². The maximum absolute atomic E-state index is 6.00. The summed E-state index contributed by atoms with van der Waals surface area (Å²) in [6.45, 7) is 0.926. The highest BCUT2D eigenvalue weighted by Crippen LogP contribution is 2.26. The molecule has 1 fully saturated rings. The standard InChI is InChI=1S/C12H17Cl2NS/c13-7-9-3-1-2-4-11(9)15-8-10-5-6-12(14)16-10/h5-6,9,11,15H,1-4,7-8H2. The first-order chi connectivity index (χ1) is 7.79. The van der Waals surface area contributed by atoms with Crippen LogP contribution in [0, 0.1) is 5.92 Å². The fraction of sp³-hybridized carbons (Fsp3) is 0.667. The Morgan fingerprint density at radius 3 is 2.81 bits per heavy atom. The van der Waals surface area contributed by atoms with Crippen molar-refractivity contribution in [3.05, 3.63) is 21.3 Å². The van der Waals surface area contributed by atoms with Gasteiger partial charge in [0.15, 0.2) is 0 Å². The van der Waals surface area contributed by atoms with Crippen LogP contribution in [-0.2, 0) is 6.54 Å². The molecule has 0 aliphatic heterocycles. The number of hydrogen-bond donors (Lipinski definition) is 1. The minimum Gasteiger partial charge on any atom is -0.309 e. The minimum atomic E-state index is 0.590. The van der Waals surface area contributed by atoms with E-state index in [2.05, 4.69) is 11.4 Å². The van der Waals surface area contributed by atoms with Crippen LogP contribution in [-0.4, -0.2) is 11.9 Å². The zero-order valence-electron chi connectivity index (χ0n) is 9.22. The van der Waals surface area contributed by atoms with E-state index in [1.165, 1.54) is 30.6 Å². The first kappa shape index (κ1) is 12.7. The van der Waals surface area contributed by atoms with E-state index in [1.807, 2.05) is 6.07 Å². The van der Waals surface area contributed by atoms with Gasteiger partial charge in [0.05, 0.1) is 4.34 Å². The second kappa shape index (κ2) is 6.25. The molecule has 0 bridgehead atoms. The third-order valence-electron chi connectivity index (χ3n) is 3.27. The highest BCUT2D eigenvalue weighted by atomic mass is 35.5. The molecule has 2 unspecified atom stereocenters. The van der Waals surface area contributed by atoms with Gasteiger partial charge in [-0.1, -0.05) is 24.4 Å². The van der Waals surface area contributed by atoms with Crippen molar-refractivity contribution in [2.45, 2.75) is 38.3 Å². The molecule has 1 aromatic heterocycles. The van der Waals surface area contributed by atoms with Crippen LogP contribution in [0.2, 0.25) is 4.34 Å². The molecule has 0 radical (unpaired) electrons. The van der Waals surface area contributed by atoms with E-state index in [-0.39, 0.29) is 0 Å². The molecule has 2 atom stereocenters. The monoisotopic (exact) mass is 277 g/mol. The Hall–Kier alpha value is 0.240. The van der Waals surface area contributed by atoms with E-state index in [4.69, 9.17) is 23.2 Å². The molecule has 1 heterocycles. The van der Waals surface area contributed by atoms with Crippen molar-refractivity contribution in [1.29, 1.82) is 0 Å². The molecule has 1 aliphatic rings. The maximum atomic E-state index is 6.00. The fourth-order valence-corrected chi connectivity index (χ4v) is 3.75. The summed E-state index contributed by atoms with van der Waals surface area (Å²) in [5, 5.41) is 3.62. The second-order valence-corrected chi connectivity index (χ2v) is 6.50. The van der Waals surface area contributed by atoms with Crippen molar-refractivity contribution in [3.8, 4) is 0 Å². The average Bonchev–Trinajstić information content (AvgIpc) is 2.73. The average molecular weight is 278 g/mol. The van der Waals surface area contributed by atoms with Crippen molar-refractivity contribution in [2.24, 2.45) is 5.92 Å². The zero-order valence-corrected chi connectivity index (χ0v) is 11.5. The van der Waals surface area contributed by atoms with E-state index in [1.54, 1.807) is 11.3 Å². The SMILES string of the molecule is ClCC1CCCCC1NCc1ccc(Cl)s1. The lowest BCUT2D eigenvalue weighted by atomic mass is 9.86. The molecule has 1 nitrogen and oxygen atoms in total. The quantitative estimate of drug-likeness (QED) is 0.810. The van der Waals surface area contributed by atoms with Crippen LogP contribution in [0.5, 0.6) is 0 Å². The lowest BCUT2D eigenvalue weighted by Crippen LogP contribution is -2.38. The Morgan fingerprint density at radius 2 is 2.12 bits per heavy atom. The number of alkyl halides is 1. The van der Waals surface area contributed by atoms with Crippen molar-refractivity contribution in [1.82, 2.24) is 5.32 Å². The Bertz CT molecular complexity index is 327. The highest BCUT2D eigenvalue weighted by Gasteiger charge is 2.23. The lowest BCUT2D eigenvalue weighted by Gasteiger charge is -2.30. The number of rotatable bonds is 4. The molecule has 1 aliphatic carbocycles. The topological polar surface area (TPSA) is 12.0 Å². The predicted molar refractivity (Wildman–Crippen MR) is 72.6 cm³/mol. The second-order valence-electron chi connectivity index (χ2n) is 4.39. The summed E-state index contributed by atoms with van der Waals surface area (Å²) in [5.74, 6) is 1.42. The molecule has 90 valence electrons. The minimum absolute atomic E-state index is 0.590. The number of thiophene rings is 1. The van der Waals surface area contributed by atoms with E-state index in [0.29, 0.717) is 12.0 Å². The van der Waals surface area contributed by atoms with Gasteiger partial charge >= 0.3 is 0 Å². The van der Waals surface area contributed by atoms with Crippen molar-refractivity contribution in [3.63, 3.8) is 0 Å². The van der Waals surface area contributed by atoms with Gasteiger partial charge in [-0.15, -0.1) is 22.9 Å². The van der Waals surface area contributed by atoms with Crippen LogP contribution in [0.1, 0.15) is 30.6 Å². The highest BCUT2D eigenvalue weighted by molar-refractivity contribution is 7.16. The zero-order chi connectivity index (χ0) is 11.4. The van der Waals surface area contributed by atoms with E-state index >= 15 is 0 Å². The molecule has 0 spiro atoms. The summed E-state index contributed by atoms with van der Waals surface area (Å²) in [4.78, 5) is 1.31. The van der Waals surface area contributed by atoms with Gasteiger partial charge in [-0.2, -0.15) is 0 Å². The summed E-state index contributed by atoms with van der Waals surface area (Å²) in [5.41, 5.74) is 0. The third-order valence-corrected chi connectivity index (χ3v) is 4.90. The number of halogens is 2. The first-order valence-corrected chi connectivity index (χ1v) is 7.56. The molecule has 2 rings (SSSR count). The van der Waals surface area contributed by atoms with Crippen LogP contribution < -0.4 is 5.32 Å². The summed E-state index contributed by atoms with van der Waals surface area (Å²) < 4.78 is 0.870. The molecule has 1 saturated carbocycles. The molecule has 16 heavy (non-hydrogen) atoms. The van der Waals surface area contributed by atoms with Gasteiger partial charge in [0, 0.05) is 23.3 Å². The van der Waals surface area contributed by atoms with Gasteiger partial charge in [0.2, 0.25) is 0 Å². The molecule has 1 aromatic rings. The fourth-order valence-electron chi connectivity index (χ4n) is 2.34. The Kier molecular flexibility index (Phi) is 4.96. The summed E-state index contributed by atoms with van der Waals surface area (Å²) in [6, 6.07) is 4.65. The van der Waals surface area contributed by atoms with Gasteiger partial charge in [0.25, 0.3) is 0 Å². The predicted octanol–water partition coefficient (Wildman–Crippen LogP) is 4.29. The van der Waals surface area contributed by atoms with Gasteiger partial charge in [0.1, 0.15) is 0 Å². The van der Waals surface area contributed by atoms with Gasteiger partial charge < -0.3 is 5.32 Å². The molecule has 4 heteroatoms. The molecular formula is C12H17Cl2NS. The van der Waals surface area contributed by atoms with Crippen LogP contribution in [0.25, 0.3) is 0 Å². The first-order valence-electron chi connectivity index (χ1n) is 5.83. The van der Waals surface area contributed by atoms with E-state index in [9.17, 15) is 0 Å². The van der Waals surface area contributed by atoms with Crippen LogP contribution in [0.15, 0.2) is 12.1 Å². The summed E-state index contributed by atoms with van der Waals surface area (Å²) in [7, 11) is 0. The largest absolute Gasteiger partial charge is 0.309 e.